The van der Waals surface area contributed by atoms with E-state index in [1.54, 1.807) is 18.1 Å². The summed E-state index contributed by atoms with van der Waals surface area (Å²) < 4.78 is 2.41. The fourth-order valence-electron chi connectivity index (χ4n) is 4.66. The van der Waals surface area contributed by atoms with Crippen LogP contribution in [0, 0.1) is 0 Å². The second kappa shape index (κ2) is 7.99. The van der Waals surface area contributed by atoms with Crippen molar-refractivity contribution in [3.63, 3.8) is 0 Å². The van der Waals surface area contributed by atoms with Crippen LogP contribution in [0.5, 0.6) is 0 Å². The van der Waals surface area contributed by atoms with Crippen LogP contribution in [-0.2, 0) is 19.3 Å². The molecule has 0 amide bonds. The minimum absolute atomic E-state index is 0.593. The zero-order valence-corrected chi connectivity index (χ0v) is 17.9. The topological polar surface area (TPSA) is 68.5 Å². The van der Waals surface area contributed by atoms with E-state index in [2.05, 4.69) is 36.3 Å². The summed E-state index contributed by atoms with van der Waals surface area (Å²) in [5.74, 6) is 2.15. The van der Waals surface area contributed by atoms with E-state index in [1.807, 2.05) is 11.3 Å². The van der Waals surface area contributed by atoms with Gasteiger partial charge >= 0.3 is 0 Å². The molecule has 2 aliphatic rings. The van der Waals surface area contributed by atoms with E-state index in [0.717, 1.165) is 41.0 Å². The largest absolute Gasteiger partial charge is 0.369 e. The molecule has 0 aromatic carbocycles. The first-order chi connectivity index (χ1) is 13.8. The molecule has 1 N–H and O–H groups in total. The van der Waals surface area contributed by atoms with Crippen LogP contribution in [0.4, 0.5) is 5.82 Å². The molecule has 8 heteroatoms. The Hall–Kier alpha value is -1.67. The van der Waals surface area contributed by atoms with Gasteiger partial charge in [-0.25, -0.2) is 9.97 Å². The van der Waals surface area contributed by atoms with E-state index >= 15 is 0 Å². The summed E-state index contributed by atoms with van der Waals surface area (Å²) in [4.78, 5) is 11.7. The lowest BCUT2D eigenvalue weighted by Crippen LogP contribution is -2.12. The molecule has 0 atom stereocenters. The highest BCUT2D eigenvalue weighted by atomic mass is 32.2. The molecule has 3 aromatic rings. The monoisotopic (exact) mass is 414 g/mol. The normalized spacial score (nSPS) is 16.9. The number of fused-ring (bicyclic) bond motifs is 3. The van der Waals surface area contributed by atoms with Gasteiger partial charge in [0, 0.05) is 23.9 Å². The summed E-state index contributed by atoms with van der Waals surface area (Å²) in [5, 5.41) is 14.8. The van der Waals surface area contributed by atoms with Crippen molar-refractivity contribution in [3.8, 4) is 0 Å². The Morgan fingerprint density at radius 1 is 1.18 bits per heavy atom. The predicted octanol–water partition coefficient (Wildman–Crippen LogP) is 4.65. The van der Waals surface area contributed by atoms with Gasteiger partial charge in [0.05, 0.1) is 5.39 Å². The van der Waals surface area contributed by atoms with Gasteiger partial charge in [-0.05, 0) is 50.3 Å². The zero-order chi connectivity index (χ0) is 18.9. The Morgan fingerprint density at radius 2 is 2.07 bits per heavy atom. The smallest absolute Gasteiger partial charge is 0.191 e. The van der Waals surface area contributed by atoms with Gasteiger partial charge in [0.2, 0.25) is 0 Å². The predicted molar refractivity (Wildman–Crippen MR) is 116 cm³/mol. The second-order valence-corrected chi connectivity index (χ2v) is 9.56. The standard InChI is InChI=1S/C20H26N6S2/c1-27-20-25-24-16(26(20)13-6-2-3-7-13)10-5-11-21-18-17-14-8-4-9-15(14)28-19(17)23-12-22-18/h12-13H,2-11H2,1H3,(H,21,22,23). The molecule has 3 heterocycles. The summed E-state index contributed by atoms with van der Waals surface area (Å²) in [6.07, 6.45) is 14.6. The number of hydrogen-bond donors (Lipinski definition) is 1. The molecule has 5 rings (SSSR count). The minimum Gasteiger partial charge on any atom is -0.369 e. The van der Waals surface area contributed by atoms with Gasteiger partial charge in [-0.1, -0.05) is 24.6 Å². The third kappa shape index (κ3) is 3.30. The molecule has 3 aromatic heterocycles. The van der Waals surface area contributed by atoms with Crippen molar-refractivity contribution in [1.29, 1.82) is 0 Å². The molecule has 0 saturated heterocycles. The highest BCUT2D eigenvalue weighted by molar-refractivity contribution is 7.98. The van der Waals surface area contributed by atoms with Crippen molar-refractivity contribution in [2.45, 2.75) is 69.0 Å². The van der Waals surface area contributed by atoms with E-state index in [4.69, 9.17) is 0 Å². The first-order valence-electron chi connectivity index (χ1n) is 10.3. The molecule has 1 fully saturated rings. The Bertz CT molecular complexity index is 973. The van der Waals surface area contributed by atoms with Crippen LogP contribution in [0.1, 0.15) is 60.8 Å². The lowest BCUT2D eigenvalue weighted by molar-refractivity contribution is 0.461. The lowest BCUT2D eigenvalue weighted by atomic mass is 10.2. The quantitative estimate of drug-likeness (QED) is 0.448. The Balaban J connectivity index is 1.26. The number of anilines is 1. The van der Waals surface area contributed by atoms with Gasteiger partial charge in [-0.15, -0.1) is 21.5 Å². The van der Waals surface area contributed by atoms with Gasteiger partial charge in [-0.2, -0.15) is 0 Å². The van der Waals surface area contributed by atoms with Crippen molar-refractivity contribution >= 4 is 39.1 Å². The third-order valence-electron chi connectivity index (χ3n) is 5.98. The van der Waals surface area contributed by atoms with E-state index in [-0.39, 0.29) is 0 Å². The van der Waals surface area contributed by atoms with Crippen LogP contribution in [0.15, 0.2) is 11.5 Å². The van der Waals surface area contributed by atoms with Gasteiger partial charge in [0.15, 0.2) is 5.16 Å². The number of aryl methyl sites for hydroxylation is 3. The van der Waals surface area contributed by atoms with Gasteiger partial charge in [-0.3, -0.25) is 0 Å². The molecule has 148 valence electrons. The third-order valence-corrected chi connectivity index (χ3v) is 7.82. The molecule has 0 spiro atoms. The molecule has 1 saturated carbocycles. The molecular weight excluding hydrogens is 388 g/mol. The number of thioether (sulfide) groups is 1. The van der Waals surface area contributed by atoms with Gasteiger partial charge in [0.1, 0.15) is 22.8 Å². The van der Waals surface area contributed by atoms with E-state index in [9.17, 15) is 0 Å². The highest BCUT2D eigenvalue weighted by Gasteiger charge is 2.24. The van der Waals surface area contributed by atoms with Crippen LogP contribution in [-0.4, -0.2) is 37.5 Å². The average molecular weight is 415 g/mol. The Labute approximate surface area is 173 Å². The summed E-state index contributed by atoms with van der Waals surface area (Å²) in [6.45, 7) is 0.892. The van der Waals surface area contributed by atoms with E-state index in [0.29, 0.717) is 6.04 Å². The molecule has 0 radical (unpaired) electrons. The van der Waals surface area contributed by atoms with Gasteiger partial charge in [0.25, 0.3) is 0 Å². The summed E-state index contributed by atoms with van der Waals surface area (Å²) in [5.41, 5.74) is 1.48. The van der Waals surface area contributed by atoms with E-state index < -0.39 is 0 Å². The molecule has 0 aliphatic heterocycles. The Morgan fingerprint density at radius 3 is 2.93 bits per heavy atom. The van der Waals surface area contributed by atoms with Crippen LogP contribution >= 0.6 is 23.1 Å². The summed E-state index contributed by atoms with van der Waals surface area (Å²) in [7, 11) is 0. The van der Waals surface area contributed by atoms with Crippen molar-refractivity contribution in [2.24, 2.45) is 0 Å². The van der Waals surface area contributed by atoms with Crippen molar-refractivity contribution in [2.75, 3.05) is 18.1 Å². The molecule has 2 aliphatic carbocycles. The first kappa shape index (κ1) is 18.4. The number of thiophene rings is 1. The molecule has 28 heavy (non-hydrogen) atoms. The average Bonchev–Trinajstić information content (AvgIpc) is 3.48. The van der Waals surface area contributed by atoms with Crippen molar-refractivity contribution in [3.05, 3.63) is 22.6 Å². The maximum atomic E-state index is 4.55. The maximum Gasteiger partial charge on any atom is 0.191 e. The molecule has 6 nitrogen and oxygen atoms in total. The molecule has 0 unspecified atom stereocenters. The second-order valence-electron chi connectivity index (χ2n) is 7.70. The zero-order valence-electron chi connectivity index (χ0n) is 16.3. The van der Waals surface area contributed by atoms with Crippen LogP contribution in [0.25, 0.3) is 10.2 Å². The SMILES string of the molecule is CSc1nnc(CCCNc2ncnc3sc4c(c23)CCC4)n1C1CCCC1. The number of hydrogen-bond acceptors (Lipinski definition) is 7. The van der Waals surface area contributed by atoms with Crippen molar-refractivity contribution in [1.82, 2.24) is 24.7 Å². The fourth-order valence-corrected chi connectivity index (χ4v) is 6.46. The molecular formula is C20H26N6S2. The Kier molecular flexibility index (Phi) is 5.24. The number of nitrogens with zero attached hydrogens (tertiary/aromatic N) is 5. The van der Waals surface area contributed by atoms with Crippen LogP contribution < -0.4 is 5.32 Å². The van der Waals surface area contributed by atoms with E-state index in [1.165, 1.54) is 60.8 Å². The van der Waals surface area contributed by atoms with Crippen LogP contribution in [0.3, 0.4) is 0 Å². The molecule has 0 bridgehead atoms. The highest BCUT2D eigenvalue weighted by Crippen LogP contribution is 2.39. The lowest BCUT2D eigenvalue weighted by Gasteiger charge is -2.16. The first-order valence-corrected chi connectivity index (χ1v) is 12.4. The minimum atomic E-state index is 0.593. The van der Waals surface area contributed by atoms with Crippen molar-refractivity contribution < 1.29 is 0 Å². The van der Waals surface area contributed by atoms with Crippen LogP contribution in [0.2, 0.25) is 0 Å². The summed E-state index contributed by atoms with van der Waals surface area (Å²) in [6, 6.07) is 0.593. The number of rotatable bonds is 7. The number of nitrogens with one attached hydrogen (secondary N) is 1. The number of aromatic nitrogens is 5. The fraction of sp³-hybridized carbons (Fsp3) is 0.600. The maximum absolute atomic E-state index is 4.55. The summed E-state index contributed by atoms with van der Waals surface area (Å²) >= 11 is 3.55. The van der Waals surface area contributed by atoms with Gasteiger partial charge < -0.3 is 9.88 Å².